The zero-order valence-corrected chi connectivity index (χ0v) is 19.7. The van der Waals surface area contributed by atoms with Gasteiger partial charge in [0.1, 0.15) is 12.1 Å². The van der Waals surface area contributed by atoms with E-state index in [1.807, 2.05) is 30.3 Å². The number of anilines is 3. The monoisotopic (exact) mass is 451 g/mol. The van der Waals surface area contributed by atoms with Gasteiger partial charge >= 0.3 is 0 Å². The minimum absolute atomic E-state index is 0.242. The van der Waals surface area contributed by atoms with E-state index in [9.17, 15) is 4.79 Å². The molecule has 168 valence electrons. The number of aryl methyl sites for hydroxylation is 1. The van der Waals surface area contributed by atoms with Crippen molar-refractivity contribution in [2.75, 3.05) is 34.2 Å². The molecule has 9 heteroatoms. The summed E-state index contributed by atoms with van der Waals surface area (Å²) >= 11 is 0. The minimum atomic E-state index is -0.553. The van der Waals surface area contributed by atoms with Crippen LogP contribution in [0, 0.1) is 6.92 Å². The number of carbonyl (C=O) groups excluding carboxylic acids is 1. The fraction of sp³-hybridized carbons (Fsp3) is 0.522. The van der Waals surface area contributed by atoms with Crippen LogP contribution in [0.3, 0.4) is 0 Å². The number of rotatable bonds is 3. The molecule has 1 unspecified atom stereocenters. The van der Waals surface area contributed by atoms with E-state index in [1.54, 1.807) is 10.8 Å². The fourth-order valence-electron chi connectivity index (χ4n) is 5.22. The van der Waals surface area contributed by atoms with Crippen molar-refractivity contribution in [2.24, 2.45) is 0 Å². The number of nitrogens with one attached hydrogen (secondary N) is 1. The van der Waals surface area contributed by atoms with Crippen molar-refractivity contribution < 1.29 is 4.79 Å². The van der Waals surface area contributed by atoms with Crippen molar-refractivity contribution >= 4 is 39.0 Å². The van der Waals surface area contributed by atoms with Crippen molar-refractivity contribution in [3.8, 4) is 0 Å². The van der Waals surface area contributed by atoms with Crippen molar-refractivity contribution in [1.82, 2.24) is 24.6 Å². The Morgan fingerprint density at radius 3 is 2.84 bits per heavy atom. The van der Waals surface area contributed by atoms with Crippen molar-refractivity contribution in [1.29, 1.82) is 0 Å². The molecule has 2 fully saturated rings. The van der Waals surface area contributed by atoms with Crippen LogP contribution >= 0.6 is 10.0 Å². The highest BCUT2D eigenvalue weighted by atomic mass is 32.3. The molecule has 3 aliphatic rings. The Kier molecular flexibility index (Phi) is 4.31. The summed E-state index contributed by atoms with van der Waals surface area (Å²) in [6, 6.07) is 2.22. The van der Waals surface area contributed by atoms with Gasteiger partial charge in [-0.25, -0.2) is 24.5 Å². The summed E-state index contributed by atoms with van der Waals surface area (Å²) in [4.78, 5) is 29.4. The van der Waals surface area contributed by atoms with E-state index in [2.05, 4.69) is 32.9 Å². The lowest BCUT2D eigenvalue weighted by Gasteiger charge is -2.30. The fourth-order valence-corrected chi connectivity index (χ4v) is 7.28. The largest absolute Gasteiger partial charge is 0.323 e. The van der Waals surface area contributed by atoms with Gasteiger partial charge in [0.25, 0.3) is 0 Å². The Morgan fingerprint density at radius 1 is 1.19 bits per heavy atom. The van der Waals surface area contributed by atoms with Crippen molar-refractivity contribution in [3.05, 3.63) is 35.9 Å². The summed E-state index contributed by atoms with van der Waals surface area (Å²) in [6.07, 6.45) is 15.3. The molecule has 0 radical (unpaired) electrons. The molecule has 1 spiro atoms. The van der Waals surface area contributed by atoms with Crippen LogP contribution in [0.4, 0.5) is 17.5 Å². The van der Waals surface area contributed by atoms with Crippen LogP contribution in [0.15, 0.2) is 24.8 Å². The Morgan fingerprint density at radius 2 is 2.03 bits per heavy atom. The van der Waals surface area contributed by atoms with Crippen molar-refractivity contribution in [2.45, 2.75) is 50.5 Å². The third-order valence-corrected chi connectivity index (χ3v) is 10.1. The van der Waals surface area contributed by atoms with Gasteiger partial charge in [-0.05, 0) is 74.7 Å². The molecule has 6 rings (SSSR count). The maximum Gasteiger partial charge on any atom is 0.239 e. The summed E-state index contributed by atoms with van der Waals surface area (Å²) in [5.41, 5.74) is 3.37. The quantitative estimate of drug-likeness (QED) is 0.655. The van der Waals surface area contributed by atoms with Gasteiger partial charge in [0.2, 0.25) is 11.9 Å². The van der Waals surface area contributed by atoms with Gasteiger partial charge in [0, 0.05) is 17.8 Å². The first-order chi connectivity index (χ1) is 15.4. The summed E-state index contributed by atoms with van der Waals surface area (Å²) < 4.78 is 1.73. The van der Waals surface area contributed by atoms with Crippen LogP contribution in [0.5, 0.6) is 0 Å². The minimum Gasteiger partial charge on any atom is -0.323 e. The topological polar surface area (TPSA) is 88.3 Å². The van der Waals surface area contributed by atoms with Gasteiger partial charge in [-0.2, -0.15) is 10.1 Å². The van der Waals surface area contributed by atoms with E-state index in [0.717, 1.165) is 54.0 Å². The Hall–Kier alpha value is -2.68. The average molecular weight is 452 g/mol. The van der Waals surface area contributed by atoms with Crippen LogP contribution in [0.2, 0.25) is 0 Å². The number of hydrogen-bond donors (Lipinski definition) is 1. The molecular weight excluding hydrogens is 422 g/mol. The standard InChI is InChI=1S/C23H29N7OS/c1-15-11-19-25-14-26-29(19)13-18(15)27-22-24-12-17-20(28-22)30(21(31)23(17)7-8-23)16-5-4-9-32(2,3)10-6-16/h11-14,16H,4-10H2,1-3H3,(H,24,27,28). The van der Waals surface area contributed by atoms with Gasteiger partial charge in [-0.15, -0.1) is 0 Å². The number of nitrogens with zero attached hydrogens (tertiary/aromatic N) is 6. The van der Waals surface area contributed by atoms with Gasteiger partial charge in [0.15, 0.2) is 5.65 Å². The first kappa shape index (κ1) is 20.0. The van der Waals surface area contributed by atoms with E-state index < -0.39 is 10.0 Å². The van der Waals surface area contributed by atoms with Gasteiger partial charge < -0.3 is 5.32 Å². The van der Waals surface area contributed by atoms with E-state index in [1.165, 1.54) is 17.9 Å². The summed E-state index contributed by atoms with van der Waals surface area (Å²) in [5, 5.41) is 7.58. The molecule has 1 saturated heterocycles. The number of aromatic nitrogens is 5. The molecule has 8 nitrogen and oxygen atoms in total. The molecule has 3 aromatic heterocycles. The Bertz CT molecular complexity index is 1230. The van der Waals surface area contributed by atoms with E-state index in [0.29, 0.717) is 5.95 Å². The van der Waals surface area contributed by atoms with Crippen LogP contribution in [-0.2, 0) is 10.2 Å². The molecule has 1 amide bonds. The van der Waals surface area contributed by atoms with Crippen LogP contribution in [-0.4, -0.2) is 60.5 Å². The SMILES string of the molecule is Cc1cc2ncnn2cc1Nc1ncc2c(n1)N(C1CCCS(C)(C)CC1)C(=O)C21CC1. The number of carbonyl (C=O) groups is 1. The molecule has 1 aliphatic carbocycles. The lowest BCUT2D eigenvalue weighted by atomic mass is 10.0. The predicted molar refractivity (Wildman–Crippen MR) is 128 cm³/mol. The smallest absolute Gasteiger partial charge is 0.239 e. The maximum absolute atomic E-state index is 13.6. The van der Waals surface area contributed by atoms with E-state index in [-0.39, 0.29) is 17.4 Å². The second-order valence-electron chi connectivity index (χ2n) is 10.0. The highest BCUT2D eigenvalue weighted by molar-refractivity contribution is 8.32. The zero-order chi connectivity index (χ0) is 22.1. The van der Waals surface area contributed by atoms with E-state index >= 15 is 0 Å². The molecule has 3 aromatic rings. The predicted octanol–water partition coefficient (Wildman–Crippen LogP) is 3.57. The van der Waals surface area contributed by atoms with Crippen LogP contribution < -0.4 is 10.2 Å². The second kappa shape index (κ2) is 6.91. The van der Waals surface area contributed by atoms with Crippen molar-refractivity contribution in [3.63, 3.8) is 0 Å². The summed E-state index contributed by atoms with van der Waals surface area (Å²) in [7, 11) is -0.553. The zero-order valence-electron chi connectivity index (χ0n) is 18.8. The van der Waals surface area contributed by atoms with Gasteiger partial charge in [-0.3, -0.25) is 9.69 Å². The summed E-state index contributed by atoms with van der Waals surface area (Å²) in [6.45, 7) is 2.02. The third kappa shape index (κ3) is 3.09. The van der Waals surface area contributed by atoms with Crippen LogP contribution in [0.1, 0.15) is 43.2 Å². The molecule has 0 bridgehead atoms. The molecular formula is C23H29N7OS. The number of hydrogen-bond acceptors (Lipinski definition) is 6. The highest BCUT2D eigenvalue weighted by Gasteiger charge is 2.61. The average Bonchev–Trinajstić information content (AvgIpc) is 3.42. The molecule has 5 heterocycles. The molecule has 1 atom stereocenters. The molecule has 32 heavy (non-hydrogen) atoms. The van der Waals surface area contributed by atoms with E-state index in [4.69, 9.17) is 4.98 Å². The lowest BCUT2D eigenvalue weighted by molar-refractivity contribution is -0.120. The van der Waals surface area contributed by atoms with Gasteiger partial charge in [-0.1, -0.05) is 0 Å². The Labute approximate surface area is 189 Å². The van der Waals surface area contributed by atoms with Gasteiger partial charge in [0.05, 0.1) is 17.3 Å². The molecule has 0 aromatic carbocycles. The lowest BCUT2D eigenvalue weighted by Crippen LogP contribution is -2.41. The first-order valence-electron chi connectivity index (χ1n) is 11.3. The summed E-state index contributed by atoms with van der Waals surface area (Å²) in [5.74, 6) is 4.10. The van der Waals surface area contributed by atoms with Crippen LogP contribution in [0.25, 0.3) is 5.65 Å². The number of pyridine rings is 1. The second-order valence-corrected chi connectivity index (χ2v) is 14.4. The maximum atomic E-state index is 13.6. The first-order valence-corrected chi connectivity index (χ1v) is 14.1. The highest BCUT2D eigenvalue weighted by Crippen LogP contribution is 2.58. The number of amides is 1. The normalized spacial score (nSPS) is 24.4. The number of fused-ring (bicyclic) bond motifs is 3. The Balaban J connectivity index is 1.35. The molecule has 2 aliphatic heterocycles. The third-order valence-electron chi connectivity index (χ3n) is 7.36. The molecule has 1 saturated carbocycles. The molecule has 1 N–H and O–H groups in total.